The average Bonchev–Trinajstić information content (AvgIpc) is 2.56. The van der Waals surface area contributed by atoms with Crippen molar-refractivity contribution in [2.45, 2.75) is 52.6 Å². The zero-order valence-electron chi connectivity index (χ0n) is 15.8. The van der Waals surface area contributed by atoms with Crippen molar-refractivity contribution in [3.05, 3.63) is 35.4 Å². The Labute approximate surface area is 151 Å². The predicted molar refractivity (Wildman–Crippen MR) is 100 cm³/mol. The molecule has 0 unspecified atom stereocenters. The van der Waals surface area contributed by atoms with Crippen LogP contribution in [-0.2, 0) is 9.59 Å². The Morgan fingerprint density at radius 3 is 2.40 bits per heavy atom. The summed E-state index contributed by atoms with van der Waals surface area (Å²) in [5.41, 5.74) is 2.49. The number of hydrogen-bond acceptors (Lipinski definition) is 3. The summed E-state index contributed by atoms with van der Waals surface area (Å²) in [7, 11) is 0. The molecular weight excluding hydrogens is 314 g/mol. The second kappa shape index (κ2) is 8.99. The topological polar surface area (TPSA) is 61.4 Å². The molecule has 2 N–H and O–H groups in total. The van der Waals surface area contributed by atoms with Gasteiger partial charge in [0.25, 0.3) is 0 Å². The van der Waals surface area contributed by atoms with Crippen molar-refractivity contribution in [1.29, 1.82) is 0 Å². The molecule has 0 aliphatic carbocycles. The summed E-state index contributed by atoms with van der Waals surface area (Å²) in [5, 5.41) is 6.52. The van der Waals surface area contributed by atoms with Crippen molar-refractivity contribution < 1.29 is 9.59 Å². The van der Waals surface area contributed by atoms with E-state index in [1.165, 1.54) is 11.1 Å². The maximum absolute atomic E-state index is 12.3. The molecule has 1 fully saturated rings. The Hall–Kier alpha value is -1.88. The highest BCUT2D eigenvalue weighted by atomic mass is 16.2. The summed E-state index contributed by atoms with van der Waals surface area (Å²) in [6.45, 7) is 9.80. The smallest absolute Gasteiger partial charge is 0.234 e. The average molecular weight is 345 g/mol. The van der Waals surface area contributed by atoms with Crippen molar-refractivity contribution in [2.75, 3.05) is 19.6 Å². The summed E-state index contributed by atoms with van der Waals surface area (Å²) in [4.78, 5) is 25.5. The van der Waals surface area contributed by atoms with Crippen LogP contribution in [0.15, 0.2) is 24.3 Å². The number of nitrogens with one attached hydrogen (secondary N) is 2. The molecule has 5 nitrogen and oxygen atoms in total. The molecule has 2 rings (SSSR count). The molecule has 5 heteroatoms. The van der Waals surface area contributed by atoms with Gasteiger partial charge in [0.05, 0.1) is 6.54 Å². The minimum absolute atomic E-state index is 0.0282. The summed E-state index contributed by atoms with van der Waals surface area (Å²) >= 11 is 0. The zero-order valence-corrected chi connectivity index (χ0v) is 15.8. The van der Waals surface area contributed by atoms with Crippen molar-refractivity contribution >= 4 is 11.8 Å². The molecule has 1 heterocycles. The molecule has 25 heavy (non-hydrogen) atoms. The number of carbonyl (C=O) groups excluding carboxylic acids is 2. The number of aryl methyl sites for hydroxylation is 1. The quantitative estimate of drug-likeness (QED) is 0.832. The van der Waals surface area contributed by atoms with Crippen LogP contribution in [0, 0.1) is 12.8 Å². The Morgan fingerprint density at radius 2 is 1.84 bits per heavy atom. The second-order valence-corrected chi connectivity index (χ2v) is 7.31. The Bertz CT molecular complexity index is 592. The molecule has 0 saturated carbocycles. The van der Waals surface area contributed by atoms with Gasteiger partial charge in [-0.1, -0.05) is 38.1 Å². The van der Waals surface area contributed by atoms with E-state index >= 15 is 0 Å². The number of carbonyl (C=O) groups is 2. The molecule has 2 amide bonds. The molecule has 1 aliphatic heterocycles. The molecule has 0 radical (unpaired) electrons. The molecule has 0 aromatic heterocycles. The zero-order chi connectivity index (χ0) is 18.4. The lowest BCUT2D eigenvalue weighted by atomic mass is 9.92. The number of benzene rings is 1. The van der Waals surface area contributed by atoms with E-state index in [4.69, 9.17) is 0 Å². The summed E-state index contributed by atoms with van der Waals surface area (Å²) in [6, 6.07) is 8.64. The molecule has 0 bridgehead atoms. The fraction of sp³-hybridized carbons (Fsp3) is 0.600. The number of amides is 2. The predicted octanol–water partition coefficient (Wildman–Crippen LogP) is 2.41. The highest BCUT2D eigenvalue weighted by Gasteiger charge is 2.23. The van der Waals surface area contributed by atoms with Crippen molar-refractivity contribution in [1.82, 2.24) is 15.5 Å². The maximum atomic E-state index is 12.3. The third kappa shape index (κ3) is 5.56. The van der Waals surface area contributed by atoms with E-state index in [0.29, 0.717) is 12.5 Å². The lowest BCUT2D eigenvalue weighted by Gasteiger charge is -2.32. The van der Waals surface area contributed by atoms with Gasteiger partial charge < -0.3 is 15.5 Å². The van der Waals surface area contributed by atoms with Gasteiger partial charge in [0.2, 0.25) is 11.8 Å². The van der Waals surface area contributed by atoms with Crippen LogP contribution in [-0.4, -0.2) is 42.4 Å². The van der Waals surface area contributed by atoms with Crippen LogP contribution in [0.2, 0.25) is 0 Å². The van der Waals surface area contributed by atoms with E-state index in [1.807, 2.05) is 17.0 Å². The van der Waals surface area contributed by atoms with Gasteiger partial charge in [-0.2, -0.15) is 0 Å². The van der Waals surface area contributed by atoms with Gasteiger partial charge >= 0.3 is 0 Å². The third-order valence-electron chi connectivity index (χ3n) is 4.98. The fourth-order valence-electron chi connectivity index (χ4n) is 3.46. The van der Waals surface area contributed by atoms with Crippen molar-refractivity contribution in [2.24, 2.45) is 5.92 Å². The van der Waals surface area contributed by atoms with Crippen LogP contribution in [0.3, 0.4) is 0 Å². The third-order valence-corrected chi connectivity index (χ3v) is 4.98. The SMILES string of the molecule is CC(=O)N1CCC(NC(=O)CN[C@H](c2ccccc2C)C(C)C)CC1. The number of likely N-dealkylation sites (tertiary alicyclic amines) is 1. The number of hydrogen-bond donors (Lipinski definition) is 2. The van der Waals surface area contributed by atoms with Gasteiger partial charge in [-0.05, 0) is 36.8 Å². The number of piperidine rings is 1. The van der Waals surface area contributed by atoms with Crippen LogP contribution < -0.4 is 10.6 Å². The van der Waals surface area contributed by atoms with Crippen LogP contribution in [0.4, 0.5) is 0 Å². The van der Waals surface area contributed by atoms with E-state index in [9.17, 15) is 9.59 Å². The van der Waals surface area contributed by atoms with E-state index in [2.05, 4.69) is 43.5 Å². The van der Waals surface area contributed by atoms with Gasteiger partial charge in [0.15, 0.2) is 0 Å². The van der Waals surface area contributed by atoms with Gasteiger partial charge in [-0.25, -0.2) is 0 Å². The molecule has 1 atom stereocenters. The first-order valence-electron chi connectivity index (χ1n) is 9.22. The summed E-state index contributed by atoms with van der Waals surface area (Å²) < 4.78 is 0. The standard InChI is InChI=1S/C20H31N3O2/c1-14(2)20(18-8-6-5-7-15(18)3)21-13-19(25)22-17-9-11-23(12-10-17)16(4)24/h5-8,14,17,20-21H,9-13H2,1-4H3,(H,22,25)/t20-/m0/s1. The number of rotatable bonds is 6. The van der Waals surface area contributed by atoms with Gasteiger partial charge in [0, 0.05) is 32.1 Å². The highest BCUT2D eigenvalue weighted by Crippen LogP contribution is 2.24. The van der Waals surface area contributed by atoms with Gasteiger partial charge in [-0.15, -0.1) is 0 Å². The van der Waals surface area contributed by atoms with E-state index in [-0.39, 0.29) is 23.9 Å². The van der Waals surface area contributed by atoms with E-state index in [0.717, 1.165) is 25.9 Å². The largest absolute Gasteiger partial charge is 0.352 e. The Morgan fingerprint density at radius 1 is 1.20 bits per heavy atom. The first kappa shape index (κ1) is 19.4. The van der Waals surface area contributed by atoms with Gasteiger partial charge in [0.1, 0.15) is 0 Å². The Balaban J connectivity index is 1.84. The molecule has 1 aromatic rings. The van der Waals surface area contributed by atoms with E-state index in [1.54, 1.807) is 6.92 Å². The van der Waals surface area contributed by atoms with Crippen LogP contribution in [0.25, 0.3) is 0 Å². The fourth-order valence-corrected chi connectivity index (χ4v) is 3.46. The molecular formula is C20H31N3O2. The van der Waals surface area contributed by atoms with Crippen LogP contribution in [0.1, 0.15) is 50.8 Å². The summed E-state index contributed by atoms with van der Waals surface area (Å²) in [5.74, 6) is 0.540. The lowest BCUT2D eigenvalue weighted by Crippen LogP contribution is -2.48. The molecule has 1 saturated heterocycles. The lowest BCUT2D eigenvalue weighted by molar-refractivity contribution is -0.130. The van der Waals surface area contributed by atoms with Gasteiger partial charge in [-0.3, -0.25) is 9.59 Å². The monoisotopic (exact) mass is 345 g/mol. The van der Waals surface area contributed by atoms with Crippen LogP contribution in [0.5, 0.6) is 0 Å². The Kier molecular flexibility index (Phi) is 7.00. The maximum Gasteiger partial charge on any atom is 0.234 e. The minimum atomic E-state index is 0.0282. The number of nitrogens with zero attached hydrogens (tertiary/aromatic N) is 1. The first-order valence-corrected chi connectivity index (χ1v) is 9.22. The van der Waals surface area contributed by atoms with Crippen molar-refractivity contribution in [3.8, 4) is 0 Å². The van der Waals surface area contributed by atoms with Crippen molar-refractivity contribution in [3.63, 3.8) is 0 Å². The second-order valence-electron chi connectivity index (χ2n) is 7.31. The molecule has 1 aromatic carbocycles. The van der Waals surface area contributed by atoms with E-state index < -0.39 is 0 Å². The first-order chi connectivity index (χ1) is 11.9. The highest BCUT2D eigenvalue weighted by molar-refractivity contribution is 5.78. The molecule has 1 aliphatic rings. The normalized spacial score (nSPS) is 16.8. The minimum Gasteiger partial charge on any atom is -0.352 e. The summed E-state index contributed by atoms with van der Waals surface area (Å²) in [6.07, 6.45) is 1.66. The molecule has 138 valence electrons. The van der Waals surface area contributed by atoms with Crippen LogP contribution >= 0.6 is 0 Å². The molecule has 0 spiro atoms.